The van der Waals surface area contributed by atoms with Gasteiger partial charge in [0.2, 0.25) is 0 Å². The highest BCUT2D eigenvalue weighted by molar-refractivity contribution is 14.0. The molecule has 0 aliphatic rings. The van der Waals surface area contributed by atoms with Crippen molar-refractivity contribution in [3.8, 4) is 0 Å². The van der Waals surface area contributed by atoms with Crippen LogP contribution in [0.1, 0.15) is 26.7 Å². The lowest BCUT2D eigenvalue weighted by atomic mass is 10.3. The van der Waals surface area contributed by atoms with Gasteiger partial charge in [-0.25, -0.2) is 4.98 Å². The van der Waals surface area contributed by atoms with Gasteiger partial charge in [0.05, 0.1) is 0 Å². The number of guanidine groups is 1. The summed E-state index contributed by atoms with van der Waals surface area (Å²) in [6, 6.07) is 6.17. The van der Waals surface area contributed by atoms with Gasteiger partial charge < -0.3 is 16.4 Å². The first-order valence-electron chi connectivity index (χ1n) is 6.40. The Balaban J connectivity index is 0.00000324. The molecular weight excluding hydrogens is 353 g/mol. The molecule has 0 aromatic carbocycles. The van der Waals surface area contributed by atoms with Crippen molar-refractivity contribution in [3.63, 3.8) is 0 Å². The SMILES string of the molecule is CC(C)NC(N)=NCCCCNc1ccccn1.I. The number of nitrogens with two attached hydrogens (primary N) is 1. The molecule has 0 radical (unpaired) electrons. The van der Waals surface area contributed by atoms with E-state index in [1.807, 2.05) is 32.0 Å². The number of halogens is 1. The van der Waals surface area contributed by atoms with Crippen molar-refractivity contribution < 1.29 is 0 Å². The first-order valence-corrected chi connectivity index (χ1v) is 6.40. The van der Waals surface area contributed by atoms with E-state index in [4.69, 9.17) is 5.73 Å². The summed E-state index contributed by atoms with van der Waals surface area (Å²) < 4.78 is 0. The Morgan fingerprint density at radius 2 is 2.16 bits per heavy atom. The minimum Gasteiger partial charge on any atom is -0.370 e. The zero-order valence-corrected chi connectivity index (χ0v) is 13.9. The second kappa shape index (κ2) is 10.8. The zero-order valence-electron chi connectivity index (χ0n) is 11.6. The lowest BCUT2D eigenvalue weighted by Gasteiger charge is -2.08. The highest BCUT2D eigenvalue weighted by atomic mass is 127. The van der Waals surface area contributed by atoms with E-state index in [2.05, 4.69) is 20.6 Å². The summed E-state index contributed by atoms with van der Waals surface area (Å²) in [5, 5.41) is 6.32. The number of rotatable bonds is 7. The van der Waals surface area contributed by atoms with E-state index in [1.54, 1.807) is 6.20 Å². The number of nitrogens with one attached hydrogen (secondary N) is 2. The molecule has 0 spiro atoms. The molecule has 1 aromatic rings. The van der Waals surface area contributed by atoms with Gasteiger partial charge in [0.1, 0.15) is 5.82 Å². The Morgan fingerprint density at radius 3 is 2.79 bits per heavy atom. The summed E-state index contributed by atoms with van der Waals surface area (Å²) in [6.45, 7) is 5.75. The van der Waals surface area contributed by atoms with E-state index in [-0.39, 0.29) is 24.0 Å². The fourth-order valence-corrected chi connectivity index (χ4v) is 1.46. The molecule has 1 aromatic heterocycles. The van der Waals surface area contributed by atoms with Crippen LogP contribution < -0.4 is 16.4 Å². The third-order valence-electron chi connectivity index (χ3n) is 2.27. The first-order chi connectivity index (χ1) is 8.68. The number of aliphatic imine (C=N–C) groups is 1. The molecule has 0 fully saturated rings. The van der Waals surface area contributed by atoms with E-state index < -0.39 is 0 Å². The Labute approximate surface area is 132 Å². The predicted octanol–water partition coefficient (Wildman–Crippen LogP) is 2.20. The number of hydrogen-bond acceptors (Lipinski definition) is 3. The van der Waals surface area contributed by atoms with E-state index >= 15 is 0 Å². The van der Waals surface area contributed by atoms with Gasteiger partial charge in [-0.3, -0.25) is 4.99 Å². The van der Waals surface area contributed by atoms with Crippen molar-refractivity contribution in [1.29, 1.82) is 0 Å². The number of nitrogens with zero attached hydrogens (tertiary/aromatic N) is 2. The molecule has 6 heteroatoms. The average Bonchev–Trinajstić information content (AvgIpc) is 2.34. The minimum absolute atomic E-state index is 0. The smallest absolute Gasteiger partial charge is 0.188 e. The van der Waals surface area contributed by atoms with Crippen molar-refractivity contribution >= 4 is 35.8 Å². The van der Waals surface area contributed by atoms with Crippen LogP contribution in [0.2, 0.25) is 0 Å². The summed E-state index contributed by atoms with van der Waals surface area (Å²) >= 11 is 0. The third kappa shape index (κ3) is 9.52. The third-order valence-corrected chi connectivity index (χ3v) is 2.27. The summed E-state index contributed by atoms with van der Waals surface area (Å²) in [5.41, 5.74) is 5.69. The molecule has 0 bridgehead atoms. The Hall–Kier alpha value is -1.05. The molecule has 0 aliphatic carbocycles. The van der Waals surface area contributed by atoms with E-state index in [0.29, 0.717) is 12.0 Å². The molecule has 0 saturated heterocycles. The van der Waals surface area contributed by atoms with Gasteiger partial charge in [-0.1, -0.05) is 6.07 Å². The van der Waals surface area contributed by atoms with Crippen LogP contribution in [0.15, 0.2) is 29.4 Å². The number of aromatic nitrogens is 1. The van der Waals surface area contributed by atoms with Gasteiger partial charge in [0, 0.05) is 25.3 Å². The molecule has 108 valence electrons. The van der Waals surface area contributed by atoms with Crippen molar-refractivity contribution in [2.45, 2.75) is 32.7 Å². The topological polar surface area (TPSA) is 75.3 Å². The zero-order chi connectivity index (χ0) is 13.2. The summed E-state index contributed by atoms with van der Waals surface area (Å²) in [7, 11) is 0. The van der Waals surface area contributed by atoms with E-state index in [1.165, 1.54) is 0 Å². The molecule has 0 amide bonds. The summed E-state index contributed by atoms with van der Waals surface area (Å²) in [6.07, 6.45) is 3.85. The highest BCUT2D eigenvalue weighted by Gasteiger charge is 1.94. The summed E-state index contributed by atoms with van der Waals surface area (Å²) in [5.74, 6) is 1.45. The van der Waals surface area contributed by atoms with Crippen molar-refractivity contribution in [3.05, 3.63) is 24.4 Å². The normalized spacial score (nSPS) is 11.0. The van der Waals surface area contributed by atoms with Gasteiger partial charge in [-0.05, 0) is 38.8 Å². The monoisotopic (exact) mass is 377 g/mol. The van der Waals surface area contributed by atoms with Crippen molar-refractivity contribution in [2.24, 2.45) is 10.7 Å². The molecule has 1 rings (SSSR count). The van der Waals surface area contributed by atoms with Crippen LogP contribution >= 0.6 is 24.0 Å². The lowest BCUT2D eigenvalue weighted by molar-refractivity contribution is 0.715. The van der Waals surface area contributed by atoms with E-state index in [0.717, 1.165) is 31.7 Å². The maximum atomic E-state index is 5.69. The summed E-state index contributed by atoms with van der Waals surface area (Å²) in [4.78, 5) is 8.44. The number of pyridine rings is 1. The molecule has 0 unspecified atom stereocenters. The number of anilines is 1. The fraction of sp³-hybridized carbons (Fsp3) is 0.538. The van der Waals surface area contributed by atoms with Gasteiger partial charge >= 0.3 is 0 Å². The molecule has 19 heavy (non-hydrogen) atoms. The van der Waals surface area contributed by atoms with Crippen molar-refractivity contribution in [2.75, 3.05) is 18.4 Å². The molecule has 0 saturated carbocycles. The molecular formula is C13H24IN5. The maximum absolute atomic E-state index is 5.69. The van der Waals surface area contributed by atoms with Crippen LogP contribution in [0, 0.1) is 0 Å². The number of hydrogen-bond donors (Lipinski definition) is 3. The van der Waals surface area contributed by atoms with Gasteiger partial charge in [-0.15, -0.1) is 24.0 Å². The number of unbranched alkanes of at least 4 members (excludes halogenated alkanes) is 1. The molecule has 0 aliphatic heterocycles. The maximum Gasteiger partial charge on any atom is 0.188 e. The minimum atomic E-state index is 0. The van der Waals surface area contributed by atoms with E-state index in [9.17, 15) is 0 Å². The van der Waals surface area contributed by atoms with Crippen LogP contribution in [0.3, 0.4) is 0 Å². The fourth-order valence-electron chi connectivity index (χ4n) is 1.46. The van der Waals surface area contributed by atoms with Crippen LogP contribution in [-0.2, 0) is 0 Å². The first kappa shape index (κ1) is 17.9. The Kier molecular flexibility index (Phi) is 10.2. The van der Waals surface area contributed by atoms with Crippen molar-refractivity contribution in [1.82, 2.24) is 10.3 Å². The van der Waals surface area contributed by atoms with Crippen LogP contribution in [0.25, 0.3) is 0 Å². The molecule has 1 heterocycles. The largest absolute Gasteiger partial charge is 0.370 e. The predicted molar refractivity (Wildman–Crippen MR) is 92.1 cm³/mol. The standard InChI is InChI=1S/C13H23N5.HI/c1-11(2)18-13(14)17-10-6-5-9-16-12-7-3-4-8-15-12;/h3-4,7-8,11H,5-6,9-10H2,1-2H3,(H,15,16)(H3,14,17,18);1H. The van der Waals surface area contributed by atoms with Gasteiger partial charge in [0.25, 0.3) is 0 Å². The van der Waals surface area contributed by atoms with Crippen LogP contribution in [0.5, 0.6) is 0 Å². The second-order valence-electron chi connectivity index (χ2n) is 4.41. The lowest BCUT2D eigenvalue weighted by Crippen LogP contribution is -2.36. The molecule has 5 nitrogen and oxygen atoms in total. The highest BCUT2D eigenvalue weighted by Crippen LogP contribution is 2.00. The Morgan fingerprint density at radius 1 is 1.37 bits per heavy atom. The van der Waals surface area contributed by atoms with Crippen LogP contribution in [-0.4, -0.2) is 30.1 Å². The quantitative estimate of drug-likeness (QED) is 0.295. The molecule has 4 N–H and O–H groups in total. The average molecular weight is 377 g/mol. The van der Waals surface area contributed by atoms with Gasteiger partial charge in [0.15, 0.2) is 5.96 Å². The molecule has 0 atom stereocenters. The van der Waals surface area contributed by atoms with Crippen LogP contribution in [0.4, 0.5) is 5.82 Å². The second-order valence-corrected chi connectivity index (χ2v) is 4.41. The van der Waals surface area contributed by atoms with Gasteiger partial charge in [-0.2, -0.15) is 0 Å². The Bertz CT molecular complexity index is 353.